The van der Waals surface area contributed by atoms with Crippen LogP contribution >= 0.6 is 0 Å². The lowest BCUT2D eigenvalue weighted by Gasteiger charge is -2.20. The molecular weight excluding hydrogens is 420 g/mol. The summed E-state index contributed by atoms with van der Waals surface area (Å²) in [6.45, 7) is 2.06. The van der Waals surface area contributed by atoms with Gasteiger partial charge in [-0.2, -0.15) is 5.10 Å². The summed E-state index contributed by atoms with van der Waals surface area (Å²) in [5, 5.41) is 8.01. The number of anilines is 1. The lowest BCUT2D eigenvalue weighted by atomic mass is 10.1. The number of benzene rings is 2. The molecule has 0 fully saturated rings. The van der Waals surface area contributed by atoms with Gasteiger partial charge in [-0.05, 0) is 30.7 Å². The molecular formula is C25H24N4O4. The number of aromatic nitrogens is 2. The van der Waals surface area contributed by atoms with Gasteiger partial charge in [0, 0.05) is 37.7 Å². The van der Waals surface area contributed by atoms with Crippen molar-refractivity contribution in [2.45, 2.75) is 19.4 Å². The highest BCUT2D eigenvalue weighted by atomic mass is 16.5. The van der Waals surface area contributed by atoms with Crippen LogP contribution in [0.3, 0.4) is 0 Å². The van der Waals surface area contributed by atoms with Crippen LogP contribution in [0.4, 0.5) is 5.69 Å². The zero-order valence-electron chi connectivity index (χ0n) is 18.7. The smallest absolute Gasteiger partial charge is 0.272 e. The predicted octanol–water partition coefficient (Wildman–Crippen LogP) is 3.22. The fourth-order valence-electron chi connectivity index (χ4n) is 3.99. The molecule has 1 aliphatic rings. The van der Waals surface area contributed by atoms with Crippen LogP contribution < -0.4 is 15.0 Å². The third kappa shape index (κ3) is 3.95. The molecule has 0 spiro atoms. The molecule has 0 saturated heterocycles. The number of furan rings is 1. The summed E-state index contributed by atoms with van der Waals surface area (Å²) in [7, 11) is 3.47. The van der Waals surface area contributed by atoms with Crippen LogP contribution in [0.5, 0.6) is 5.75 Å². The average molecular weight is 444 g/mol. The molecule has 2 aromatic heterocycles. The third-order valence-corrected chi connectivity index (χ3v) is 5.95. The number of amides is 2. The van der Waals surface area contributed by atoms with Crippen LogP contribution in [0.2, 0.25) is 0 Å². The number of carbonyl (C=O) groups excluding carboxylic acids is 2. The van der Waals surface area contributed by atoms with Crippen molar-refractivity contribution in [3.05, 3.63) is 77.3 Å². The zero-order chi connectivity index (χ0) is 23.1. The summed E-state index contributed by atoms with van der Waals surface area (Å²) in [6.07, 6.45) is 2.25. The van der Waals surface area contributed by atoms with Crippen molar-refractivity contribution in [3.63, 3.8) is 0 Å². The van der Waals surface area contributed by atoms with Crippen molar-refractivity contribution in [2.24, 2.45) is 7.05 Å². The highest BCUT2D eigenvalue weighted by Crippen LogP contribution is 2.35. The lowest BCUT2D eigenvalue weighted by molar-refractivity contribution is -0.120. The summed E-state index contributed by atoms with van der Waals surface area (Å²) >= 11 is 0. The van der Waals surface area contributed by atoms with Gasteiger partial charge in [0.05, 0.1) is 12.0 Å². The number of hydrogen-bond donors (Lipinski definition) is 1. The largest absolute Gasteiger partial charge is 0.489 e. The highest BCUT2D eigenvalue weighted by Gasteiger charge is 2.32. The van der Waals surface area contributed by atoms with Crippen LogP contribution in [-0.4, -0.2) is 41.3 Å². The molecule has 0 unspecified atom stereocenters. The summed E-state index contributed by atoms with van der Waals surface area (Å²) in [5.41, 5.74) is 4.79. The molecule has 0 radical (unpaired) electrons. The molecule has 1 aliphatic heterocycles. The summed E-state index contributed by atoms with van der Waals surface area (Å²) in [5.74, 6) is -0.153. The molecule has 168 valence electrons. The molecule has 2 amide bonds. The first kappa shape index (κ1) is 20.8. The van der Waals surface area contributed by atoms with Gasteiger partial charge in [-0.15, -0.1) is 0 Å². The molecule has 33 heavy (non-hydrogen) atoms. The van der Waals surface area contributed by atoms with Gasteiger partial charge in [-0.3, -0.25) is 14.3 Å². The van der Waals surface area contributed by atoms with Crippen molar-refractivity contribution >= 4 is 28.5 Å². The van der Waals surface area contributed by atoms with Gasteiger partial charge in [0.15, 0.2) is 0 Å². The standard InChI is InChI=1S/C25H24N4O4/c1-15-4-6-16(7-5-15)10-18-12-19(27-29(18)3)24(30)26-20-14-33-23-13-22-17(8-9-32-22)11-21(23)28(2)25(20)31/h4-9,11-13,20H,10,14H2,1-3H3,(H,26,30)/t20-/m0/s1. The Kier molecular flexibility index (Phi) is 5.12. The van der Waals surface area contributed by atoms with E-state index in [0.29, 0.717) is 23.4 Å². The van der Waals surface area contributed by atoms with Gasteiger partial charge in [-0.25, -0.2) is 0 Å². The summed E-state index contributed by atoms with van der Waals surface area (Å²) < 4.78 is 13.0. The Morgan fingerprint density at radius 2 is 1.94 bits per heavy atom. The van der Waals surface area contributed by atoms with Crippen LogP contribution in [0.15, 0.2) is 59.2 Å². The van der Waals surface area contributed by atoms with Crippen molar-refractivity contribution in [2.75, 3.05) is 18.6 Å². The zero-order valence-corrected chi connectivity index (χ0v) is 18.7. The molecule has 5 rings (SSSR count). The number of nitrogens with zero attached hydrogens (tertiary/aromatic N) is 3. The second-order valence-electron chi connectivity index (χ2n) is 8.32. The Balaban J connectivity index is 1.32. The maximum Gasteiger partial charge on any atom is 0.272 e. The topological polar surface area (TPSA) is 89.6 Å². The van der Waals surface area contributed by atoms with E-state index in [1.807, 2.05) is 19.1 Å². The van der Waals surface area contributed by atoms with E-state index >= 15 is 0 Å². The monoisotopic (exact) mass is 444 g/mol. The number of nitrogens with one attached hydrogen (secondary N) is 1. The molecule has 4 aromatic rings. The molecule has 1 atom stereocenters. The first-order chi connectivity index (χ1) is 15.9. The third-order valence-electron chi connectivity index (χ3n) is 5.95. The van der Waals surface area contributed by atoms with E-state index in [9.17, 15) is 9.59 Å². The second kappa shape index (κ2) is 8.12. The van der Waals surface area contributed by atoms with Gasteiger partial charge in [0.2, 0.25) is 0 Å². The van der Waals surface area contributed by atoms with E-state index < -0.39 is 11.9 Å². The molecule has 0 bridgehead atoms. The van der Waals surface area contributed by atoms with Crippen LogP contribution in [0.1, 0.15) is 27.3 Å². The average Bonchev–Trinajstić information content (AvgIpc) is 3.39. The molecule has 0 saturated carbocycles. The minimum Gasteiger partial charge on any atom is -0.489 e. The number of hydrogen-bond acceptors (Lipinski definition) is 5. The summed E-state index contributed by atoms with van der Waals surface area (Å²) in [4.78, 5) is 27.5. The second-order valence-corrected chi connectivity index (χ2v) is 8.32. The SMILES string of the molecule is Cc1ccc(Cc2cc(C(=O)N[C@H]3COc4cc5occc5cc4N(C)C3=O)nn2C)cc1. The minimum atomic E-state index is -0.844. The molecule has 3 heterocycles. The first-order valence-corrected chi connectivity index (χ1v) is 10.7. The lowest BCUT2D eigenvalue weighted by Crippen LogP contribution is -2.49. The van der Waals surface area contributed by atoms with Gasteiger partial charge in [-0.1, -0.05) is 29.8 Å². The van der Waals surface area contributed by atoms with E-state index in [2.05, 4.69) is 34.7 Å². The van der Waals surface area contributed by atoms with E-state index in [-0.39, 0.29) is 18.2 Å². The first-order valence-electron chi connectivity index (χ1n) is 10.7. The van der Waals surface area contributed by atoms with Gasteiger partial charge in [0.25, 0.3) is 11.8 Å². The van der Waals surface area contributed by atoms with Crippen molar-refractivity contribution < 1.29 is 18.7 Å². The number of likely N-dealkylation sites (N-methyl/N-ethyl adjacent to an activating group) is 1. The Morgan fingerprint density at radius 3 is 2.73 bits per heavy atom. The normalized spacial score (nSPS) is 15.8. The number of ether oxygens (including phenoxy) is 1. The van der Waals surface area contributed by atoms with E-state index in [1.165, 1.54) is 10.5 Å². The highest BCUT2D eigenvalue weighted by molar-refractivity contribution is 6.04. The Bertz CT molecular complexity index is 1350. The minimum absolute atomic E-state index is 0.0111. The van der Waals surface area contributed by atoms with E-state index in [4.69, 9.17) is 9.15 Å². The van der Waals surface area contributed by atoms with Crippen LogP contribution in [0.25, 0.3) is 11.0 Å². The van der Waals surface area contributed by atoms with Gasteiger partial charge in [0.1, 0.15) is 29.7 Å². The molecule has 0 aliphatic carbocycles. The molecule has 8 heteroatoms. The van der Waals surface area contributed by atoms with Crippen LogP contribution in [0, 0.1) is 6.92 Å². The number of rotatable bonds is 4. The number of fused-ring (bicyclic) bond motifs is 2. The van der Waals surface area contributed by atoms with Crippen molar-refractivity contribution in [1.82, 2.24) is 15.1 Å². The Hall–Kier alpha value is -4.07. The van der Waals surface area contributed by atoms with Gasteiger partial charge >= 0.3 is 0 Å². The van der Waals surface area contributed by atoms with E-state index in [1.54, 1.807) is 37.2 Å². The summed E-state index contributed by atoms with van der Waals surface area (Å²) in [6, 6.07) is 14.6. The predicted molar refractivity (Wildman–Crippen MR) is 124 cm³/mol. The van der Waals surface area contributed by atoms with Crippen LogP contribution in [-0.2, 0) is 18.3 Å². The number of aryl methyl sites for hydroxylation is 2. The van der Waals surface area contributed by atoms with Gasteiger partial charge < -0.3 is 19.4 Å². The fourth-order valence-corrected chi connectivity index (χ4v) is 3.99. The quantitative estimate of drug-likeness (QED) is 0.522. The Labute approximate surface area is 190 Å². The van der Waals surface area contributed by atoms with Crippen molar-refractivity contribution in [1.29, 1.82) is 0 Å². The Morgan fingerprint density at radius 1 is 1.15 bits per heavy atom. The fraction of sp³-hybridized carbons (Fsp3) is 0.240. The maximum atomic E-state index is 13.1. The van der Waals surface area contributed by atoms with E-state index in [0.717, 1.165) is 16.6 Å². The maximum absolute atomic E-state index is 13.1. The molecule has 1 N–H and O–H groups in total. The van der Waals surface area contributed by atoms with Crippen molar-refractivity contribution in [3.8, 4) is 5.75 Å². The number of carbonyl (C=O) groups is 2. The molecule has 2 aromatic carbocycles. The molecule has 8 nitrogen and oxygen atoms in total.